The van der Waals surface area contributed by atoms with Crippen molar-refractivity contribution in [2.24, 2.45) is 0 Å². The molecule has 0 aliphatic rings. The van der Waals surface area contributed by atoms with Gasteiger partial charge in [0.2, 0.25) is 0 Å². The van der Waals surface area contributed by atoms with Gasteiger partial charge in [0.1, 0.15) is 11.4 Å². The third-order valence-electron chi connectivity index (χ3n) is 1.82. The zero-order chi connectivity index (χ0) is 10.7. The third-order valence-corrected chi connectivity index (χ3v) is 1.82. The number of H-pyrrole nitrogens is 1. The maximum Gasteiger partial charge on any atom is 0.356 e. The van der Waals surface area contributed by atoms with Gasteiger partial charge in [-0.1, -0.05) is 0 Å². The van der Waals surface area contributed by atoms with Crippen molar-refractivity contribution in [3.63, 3.8) is 0 Å². The molecule has 1 aromatic rings. The number of carbonyl (C=O) groups excluding carboxylic acids is 2. The largest absolute Gasteiger partial charge is 0.461 e. The van der Waals surface area contributed by atoms with Crippen molar-refractivity contribution in [3.05, 3.63) is 17.0 Å². The minimum Gasteiger partial charge on any atom is -0.461 e. The summed E-state index contributed by atoms with van der Waals surface area (Å²) in [6, 6.07) is 0. The summed E-state index contributed by atoms with van der Waals surface area (Å²) in [6.07, 6.45) is 0. The number of rotatable bonds is 3. The van der Waals surface area contributed by atoms with Crippen LogP contribution in [-0.2, 0) is 4.74 Å². The van der Waals surface area contributed by atoms with Crippen molar-refractivity contribution in [2.75, 3.05) is 6.61 Å². The molecule has 0 aromatic carbocycles. The molecule has 0 aliphatic heterocycles. The van der Waals surface area contributed by atoms with Gasteiger partial charge in [-0.15, -0.1) is 0 Å². The molecule has 0 fully saturated rings. The van der Waals surface area contributed by atoms with Gasteiger partial charge in [-0.3, -0.25) is 9.89 Å². The number of carbonyl (C=O) groups is 2. The van der Waals surface area contributed by atoms with Gasteiger partial charge in [0.05, 0.1) is 6.61 Å². The number of ether oxygens (including phenoxy) is 1. The highest BCUT2D eigenvalue weighted by atomic mass is 16.5. The van der Waals surface area contributed by atoms with Crippen LogP contribution >= 0.6 is 0 Å². The van der Waals surface area contributed by atoms with E-state index in [1.165, 1.54) is 6.92 Å². The number of hydrogen-bond acceptors (Lipinski definition) is 4. The predicted octanol–water partition coefficient (Wildman–Crippen LogP) is 1.10. The van der Waals surface area contributed by atoms with Gasteiger partial charge in [-0.2, -0.15) is 5.10 Å². The van der Waals surface area contributed by atoms with Crippen LogP contribution in [0.25, 0.3) is 0 Å². The summed E-state index contributed by atoms with van der Waals surface area (Å²) in [5.74, 6) is -0.653. The molecule has 1 N–H and O–H groups in total. The fourth-order valence-corrected chi connectivity index (χ4v) is 1.14. The summed E-state index contributed by atoms with van der Waals surface area (Å²) in [4.78, 5) is 22.3. The maximum absolute atomic E-state index is 11.3. The zero-order valence-corrected chi connectivity index (χ0v) is 8.38. The number of ketones is 1. The molecule has 0 spiro atoms. The normalized spacial score (nSPS) is 9.93. The van der Waals surface area contributed by atoms with E-state index in [9.17, 15) is 9.59 Å². The SMILES string of the molecule is CCOC(=O)c1[nH]nc(C(C)=O)c1C. The Kier molecular flexibility index (Phi) is 3.01. The summed E-state index contributed by atoms with van der Waals surface area (Å²) >= 11 is 0. The smallest absolute Gasteiger partial charge is 0.356 e. The monoisotopic (exact) mass is 196 g/mol. The van der Waals surface area contributed by atoms with Crippen LogP contribution in [-0.4, -0.2) is 28.6 Å². The van der Waals surface area contributed by atoms with E-state index in [4.69, 9.17) is 4.74 Å². The molecule has 0 aliphatic carbocycles. The molecule has 5 heteroatoms. The van der Waals surface area contributed by atoms with Crippen LogP contribution in [0.5, 0.6) is 0 Å². The number of aromatic amines is 1. The van der Waals surface area contributed by atoms with Crippen molar-refractivity contribution < 1.29 is 14.3 Å². The van der Waals surface area contributed by atoms with E-state index in [0.29, 0.717) is 12.2 Å². The van der Waals surface area contributed by atoms with Gasteiger partial charge in [-0.05, 0) is 13.8 Å². The molecule has 1 heterocycles. The first-order valence-corrected chi connectivity index (χ1v) is 4.31. The lowest BCUT2D eigenvalue weighted by atomic mass is 10.1. The maximum atomic E-state index is 11.3. The van der Waals surface area contributed by atoms with E-state index >= 15 is 0 Å². The van der Waals surface area contributed by atoms with E-state index in [1.807, 2.05) is 0 Å². The number of esters is 1. The number of Topliss-reactive ketones (excluding diaryl/α,β-unsaturated/α-hetero) is 1. The summed E-state index contributed by atoms with van der Waals surface area (Å²) in [5, 5.41) is 6.24. The average molecular weight is 196 g/mol. The Morgan fingerprint density at radius 2 is 2.14 bits per heavy atom. The van der Waals surface area contributed by atoms with Gasteiger partial charge >= 0.3 is 5.97 Å². The van der Waals surface area contributed by atoms with Crippen molar-refractivity contribution in [3.8, 4) is 0 Å². The molecule has 0 radical (unpaired) electrons. The second-order valence-electron chi connectivity index (χ2n) is 2.85. The molecule has 0 unspecified atom stereocenters. The van der Waals surface area contributed by atoms with Crippen LogP contribution in [0, 0.1) is 6.92 Å². The van der Waals surface area contributed by atoms with Gasteiger partial charge in [0.25, 0.3) is 0 Å². The van der Waals surface area contributed by atoms with E-state index in [2.05, 4.69) is 10.2 Å². The molecular weight excluding hydrogens is 184 g/mol. The molecular formula is C9H12N2O3. The quantitative estimate of drug-likeness (QED) is 0.580. The summed E-state index contributed by atoms with van der Waals surface area (Å²) in [7, 11) is 0. The third kappa shape index (κ3) is 1.81. The lowest BCUT2D eigenvalue weighted by Crippen LogP contribution is -2.07. The van der Waals surface area contributed by atoms with E-state index in [-0.39, 0.29) is 17.2 Å². The van der Waals surface area contributed by atoms with Gasteiger partial charge < -0.3 is 4.74 Å². The Balaban J connectivity index is 3.00. The summed E-state index contributed by atoms with van der Waals surface area (Å²) < 4.78 is 4.78. The highest BCUT2D eigenvalue weighted by Gasteiger charge is 2.18. The van der Waals surface area contributed by atoms with Crippen LogP contribution in [0.2, 0.25) is 0 Å². The van der Waals surface area contributed by atoms with E-state index in [0.717, 1.165) is 0 Å². The van der Waals surface area contributed by atoms with Gasteiger partial charge in [0.15, 0.2) is 5.78 Å². The summed E-state index contributed by atoms with van der Waals surface area (Å²) in [5.41, 5.74) is 1.07. The average Bonchev–Trinajstić information content (AvgIpc) is 2.47. The van der Waals surface area contributed by atoms with Crippen LogP contribution in [0.4, 0.5) is 0 Å². The second-order valence-corrected chi connectivity index (χ2v) is 2.85. The first kappa shape index (κ1) is 10.4. The second kappa shape index (κ2) is 4.04. The lowest BCUT2D eigenvalue weighted by molar-refractivity contribution is 0.0518. The Labute approximate surface area is 81.5 Å². The first-order chi connectivity index (χ1) is 6.57. The van der Waals surface area contributed by atoms with Gasteiger partial charge in [-0.25, -0.2) is 4.79 Å². The van der Waals surface area contributed by atoms with E-state index in [1.54, 1.807) is 13.8 Å². The Hall–Kier alpha value is -1.65. The standard InChI is InChI=1S/C9H12N2O3/c1-4-14-9(13)8-5(2)7(6(3)12)10-11-8/h4H2,1-3H3,(H,10,11). The molecule has 0 bridgehead atoms. The van der Waals surface area contributed by atoms with Crippen molar-refractivity contribution in [1.82, 2.24) is 10.2 Å². The van der Waals surface area contributed by atoms with Gasteiger partial charge in [0, 0.05) is 12.5 Å². The van der Waals surface area contributed by atoms with E-state index < -0.39 is 5.97 Å². The Morgan fingerprint density at radius 3 is 2.57 bits per heavy atom. The molecule has 0 saturated heterocycles. The number of aromatic nitrogens is 2. The molecule has 0 amide bonds. The Morgan fingerprint density at radius 1 is 1.50 bits per heavy atom. The molecule has 1 rings (SSSR count). The topological polar surface area (TPSA) is 72.1 Å². The van der Waals surface area contributed by atoms with Crippen molar-refractivity contribution in [2.45, 2.75) is 20.8 Å². The van der Waals surface area contributed by atoms with Crippen LogP contribution in [0.3, 0.4) is 0 Å². The number of hydrogen-bond donors (Lipinski definition) is 1. The fraction of sp³-hybridized carbons (Fsp3) is 0.444. The summed E-state index contributed by atoms with van der Waals surface area (Å²) in [6.45, 7) is 5.08. The lowest BCUT2D eigenvalue weighted by Gasteiger charge is -1.98. The molecule has 0 saturated carbocycles. The molecule has 14 heavy (non-hydrogen) atoms. The number of nitrogens with zero attached hydrogens (tertiary/aromatic N) is 1. The van der Waals surface area contributed by atoms with Crippen LogP contribution in [0.1, 0.15) is 40.4 Å². The first-order valence-electron chi connectivity index (χ1n) is 4.31. The van der Waals surface area contributed by atoms with Crippen LogP contribution in [0.15, 0.2) is 0 Å². The highest BCUT2D eigenvalue weighted by molar-refractivity contribution is 5.98. The molecule has 5 nitrogen and oxygen atoms in total. The minimum absolute atomic E-state index is 0.172. The molecule has 1 aromatic heterocycles. The fourth-order valence-electron chi connectivity index (χ4n) is 1.14. The Bertz CT molecular complexity index is 368. The van der Waals surface area contributed by atoms with Crippen molar-refractivity contribution >= 4 is 11.8 Å². The molecule has 76 valence electrons. The zero-order valence-electron chi connectivity index (χ0n) is 8.38. The van der Waals surface area contributed by atoms with Crippen LogP contribution < -0.4 is 0 Å². The van der Waals surface area contributed by atoms with Crippen molar-refractivity contribution in [1.29, 1.82) is 0 Å². The highest BCUT2D eigenvalue weighted by Crippen LogP contribution is 2.11. The minimum atomic E-state index is -0.481. The predicted molar refractivity (Wildman–Crippen MR) is 49.3 cm³/mol. The number of nitrogens with one attached hydrogen (secondary N) is 1. The molecule has 0 atom stereocenters.